The number of anilines is 3. The highest BCUT2D eigenvalue weighted by atomic mass is 32.1. The van der Waals surface area contributed by atoms with Crippen LogP contribution in [0.25, 0.3) is 0 Å². The molecule has 5 nitrogen and oxygen atoms in total. The van der Waals surface area contributed by atoms with E-state index in [1.807, 2.05) is 26.0 Å². The summed E-state index contributed by atoms with van der Waals surface area (Å²) in [6.07, 6.45) is 0. The maximum Gasteiger partial charge on any atom is 0.206 e. The summed E-state index contributed by atoms with van der Waals surface area (Å²) < 4.78 is 5.11. The van der Waals surface area contributed by atoms with Crippen LogP contribution >= 0.6 is 11.3 Å². The number of ether oxygens (including phenoxy) is 1. The second kappa shape index (κ2) is 6.94. The number of ketones is 1. The number of aromatic nitrogens is 1. The van der Waals surface area contributed by atoms with Crippen LogP contribution in [0.3, 0.4) is 0 Å². The Hall–Kier alpha value is -2.86. The van der Waals surface area contributed by atoms with Crippen molar-refractivity contribution in [3.63, 3.8) is 0 Å². The van der Waals surface area contributed by atoms with Crippen LogP contribution in [0.4, 0.5) is 16.6 Å². The molecule has 0 aliphatic heterocycles. The first kappa shape index (κ1) is 17.0. The van der Waals surface area contributed by atoms with Crippen molar-refractivity contribution in [3.05, 3.63) is 64.0 Å². The van der Waals surface area contributed by atoms with Gasteiger partial charge in [0.15, 0.2) is 5.13 Å². The summed E-state index contributed by atoms with van der Waals surface area (Å²) in [6, 6.07) is 13.1. The van der Waals surface area contributed by atoms with Crippen molar-refractivity contribution in [1.29, 1.82) is 0 Å². The fraction of sp³-hybridized carbons (Fsp3) is 0.158. The molecule has 0 spiro atoms. The number of benzene rings is 2. The molecule has 0 saturated heterocycles. The number of nitrogen functional groups attached to an aromatic ring is 1. The van der Waals surface area contributed by atoms with Crippen molar-refractivity contribution >= 4 is 33.8 Å². The van der Waals surface area contributed by atoms with E-state index in [2.05, 4.69) is 16.4 Å². The Morgan fingerprint density at radius 2 is 1.88 bits per heavy atom. The Bertz CT molecular complexity index is 917. The van der Waals surface area contributed by atoms with Crippen molar-refractivity contribution in [2.45, 2.75) is 13.8 Å². The molecule has 3 aromatic rings. The van der Waals surface area contributed by atoms with Crippen molar-refractivity contribution in [1.82, 2.24) is 4.98 Å². The van der Waals surface area contributed by atoms with Gasteiger partial charge in [-0.1, -0.05) is 23.5 Å². The van der Waals surface area contributed by atoms with Gasteiger partial charge in [0.05, 0.1) is 7.11 Å². The lowest BCUT2D eigenvalue weighted by Crippen LogP contribution is -2.02. The summed E-state index contributed by atoms with van der Waals surface area (Å²) in [6.45, 7) is 4.04. The van der Waals surface area contributed by atoms with Crippen LogP contribution in [0.1, 0.15) is 26.4 Å². The van der Waals surface area contributed by atoms with Gasteiger partial charge >= 0.3 is 0 Å². The molecule has 0 bridgehead atoms. The van der Waals surface area contributed by atoms with E-state index in [-0.39, 0.29) is 11.6 Å². The lowest BCUT2D eigenvalue weighted by molar-refractivity contribution is 0.104. The van der Waals surface area contributed by atoms with E-state index >= 15 is 0 Å². The Morgan fingerprint density at radius 3 is 2.56 bits per heavy atom. The van der Waals surface area contributed by atoms with E-state index in [0.29, 0.717) is 21.3 Å². The average Bonchev–Trinajstić information content (AvgIpc) is 2.98. The van der Waals surface area contributed by atoms with E-state index in [0.717, 1.165) is 16.8 Å². The minimum absolute atomic E-state index is 0.147. The molecule has 3 N–H and O–H groups in total. The van der Waals surface area contributed by atoms with Gasteiger partial charge in [-0.15, -0.1) is 0 Å². The Labute approximate surface area is 150 Å². The first-order valence-electron chi connectivity index (χ1n) is 7.77. The van der Waals surface area contributed by atoms with E-state index in [4.69, 9.17) is 10.5 Å². The molecule has 6 heteroatoms. The molecule has 0 aliphatic carbocycles. The highest BCUT2D eigenvalue weighted by molar-refractivity contribution is 7.18. The zero-order valence-electron chi connectivity index (χ0n) is 14.3. The molecule has 0 saturated carbocycles. The van der Waals surface area contributed by atoms with Crippen LogP contribution in [0.5, 0.6) is 5.75 Å². The van der Waals surface area contributed by atoms with Gasteiger partial charge in [0, 0.05) is 11.3 Å². The molecule has 0 unspecified atom stereocenters. The lowest BCUT2D eigenvalue weighted by Gasteiger charge is -2.07. The minimum Gasteiger partial charge on any atom is -0.497 e. The minimum atomic E-state index is -0.147. The average molecular weight is 353 g/mol. The summed E-state index contributed by atoms with van der Waals surface area (Å²) in [5.74, 6) is 0.788. The van der Waals surface area contributed by atoms with Gasteiger partial charge in [-0.25, -0.2) is 4.98 Å². The molecule has 25 heavy (non-hydrogen) atoms. The largest absolute Gasteiger partial charge is 0.497 e. The standard InChI is InChI=1S/C19H19N3O2S/c1-11-4-5-12(2)15(10-11)21-19-22-18(20)17(25-19)16(23)13-6-8-14(24-3)9-7-13/h4-10H,20H2,1-3H3,(H,21,22). The predicted molar refractivity (Wildman–Crippen MR) is 102 cm³/mol. The number of nitrogens with two attached hydrogens (primary N) is 1. The van der Waals surface area contributed by atoms with Crippen LogP contribution in [-0.4, -0.2) is 17.9 Å². The number of carbonyl (C=O) groups is 1. The van der Waals surface area contributed by atoms with Gasteiger partial charge in [-0.2, -0.15) is 0 Å². The van der Waals surface area contributed by atoms with E-state index in [1.165, 1.54) is 11.3 Å². The second-order valence-corrected chi connectivity index (χ2v) is 6.73. The number of hydrogen-bond donors (Lipinski definition) is 2. The number of rotatable bonds is 5. The number of hydrogen-bond acceptors (Lipinski definition) is 6. The summed E-state index contributed by atoms with van der Waals surface area (Å²) in [5.41, 5.74) is 9.72. The van der Waals surface area contributed by atoms with Gasteiger partial charge in [-0.3, -0.25) is 4.79 Å². The third-order valence-corrected chi connectivity index (χ3v) is 4.83. The molecular formula is C19H19N3O2S. The third-order valence-electron chi connectivity index (χ3n) is 3.85. The Kier molecular flexibility index (Phi) is 4.72. The first-order valence-corrected chi connectivity index (χ1v) is 8.59. The van der Waals surface area contributed by atoms with Crippen molar-refractivity contribution in [2.75, 3.05) is 18.2 Å². The number of thiazole rings is 1. The fourth-order valence-electron chi connectivity index (χ4n) is 2.41. The fourth-order valence-corrected chi connectivity index (χ4v) is 3.27. The van der Waals surface area contributed by atoms with Crippen molar-refractivity contribution in [3.8, 4) is 5.75 Å². The van der Waals surface area contributed by atoms with E-state index in [9.17, 15) is 4.79 Å². The number of methoxy groups -OCH3 is 1. The summed E-state index contributed by atoms with van der Waals surface area (Å²) in [5, 5.41) is 3.85. The lowest BCUT2D eigenvalue weighted by atomic mass is 10.1. The van der Waals surface area contributed by atoms with Crippen LogP contribution in [0, 0.1) is 13.8 Å². The van der Waals surface area contributed by atoms with Crippen molar-refractivity contribution < 1.29 is 9.53 Å². The topological polar surface area (TPSA) is 77.2 Å². The normalized spacial score (nSPS) is 10.5. The van der Waals surface area contributed by atoms with Gasteiger partial charge in [0.2, 0.25) is 5.78 Å². The van der Waals surface area contributed by atoms with Crippen LogP contribution in [0.15, 0.2) is 42.5 Å². The summed E-state index contributed by atoms with van der Waals surface area (Å²) in [4.78, 5) is 17.4. The Morgan fingerprint density at radius 1 is 1.16 bits per heavy atom. The van der Waals surface area contributed by atoms with Gasteiger partial charge in [0.25, 0.3) is 0 Å². The molecule has 0 fully saturated rings. The van der Waals surface area contributed by atoms with Gasteiger partial charge < -0.3 is 15.8 Å². The molecular weight excluding hydrogens is 334 g/mol. The third kappa shape index (κ3) is 3.64. The smallest absolute Gasteiger partial charge is 0.206 e. The first-order chi connectivity index (χ1) is 12.0. The second-order valence-electron chi connectivity index (χ2n) is 5.73. The zero-order chi connectivity index (χ0) is 18.0. The Balaban J connectivity index is 1.86. The molecule has 0 aliphatic rings. The molecule has 2 aromatic carbocycles. The molecule has 0 atom stereocenters. The molecule has 1 aromatic heterocycles. The molecule has 1 heterocycles. The summed E-state index contributed by atoms with van der Waals surface area (Å²) in [7, 11) is 1.59. The maximum absolute atomic E-state index is 12.7. The highest BCUT2D eigenvalue weighted by Crippen LogP contribution is 2.31. The molecule has 3 rings (SSSR count). The molecule has 0 amide bonds. The number of carbonyl (C=O) groups excluding carboxylic acids is 1. The van der Waals surface area contributed by atoms with E-state index < -0.39 is 0 Å². The maximum atomic E-state index is 12.7. The predicted octanol–water partition coefficient (Wildman–Crippen LogP) is 4.33. The highest BCUT2D eigenvalue weighted by Gasteiger charge is 2.18. The monoisotopic (exact) mass is 353 g/mol. The van der Waals surface area contributed by atoms with E-state index in [1.54, 1.807) is 31.4 Å². The van der Waals surface area contributed by atoms with Crippen LogP contribution in [-0.2, 0) is 0 Å². The zero-order valence-corrected chi connectivity index (χ0v) is 15.1. The summed E-state index contributed by atoms with van der Waals surface area (Å²) >= 11 is 1.25. The molecule has 0 radical (unpaired) electrons. The number of nitrogens with zero attached hydrogens (tertiary/aromatic N) is 1. The van der Waals surface area contributed by atoms with Gasteiger partial charge in [-0.05, 0) is 55.3 Å². The number of nitrogens with one attached hydrogen (secondary N) is 1. The SMILES string of the molecule is COc1ccc(C(=O)c2sc(Nc3cc(C)ccc3C)nc2N)cc1. The molecule has 128 valence electrons. The van der Waals surface area contributed by atoms with Gasteiger partial charge in [0.1, 0.15) is 16.4 Å². The van der Waals surface area contributed by atoms with Crippen LogP contribution < -0.4 is 15.8 Å². The van der Waals surface area contributed by atoms with Crippen molar-refractivity contribution in [2.24, 2.45) is 0 Å². The van der Waals surface area contributed by atoms with Crippen LogP contribution in [0.2, 0.25) is 0 Å². The number of aryl methyl sites for hydroxylation is 2. The quantitative estimate of drug-likeness (QED) is 0.668.